The molecule has 0 aliphatic heterocycles. The summed E-state index contributed by atoms with van der Waals surface area (Å²) in [5.74, 6) is -0.0571. The number of ether oxygens (including phenoxy) is 2. The van der Waals surface area contributed by atoms with Crippen molar-refractivity contribution in [2.75, 3.05) is 33.0 Å². The normalized spacial score (nSPS) is 10.0. The van der Waals surface area contributed by atoms with Gasteiger partial charge >= 0.3 is 0 Å². The van der Waals surface area contributed by atoms with Gasteiger partial charge in [-0.15, -0.1) is 0 Å². The summed E-state index contributed by atoms with van der Waals surface area (Å²) in [4.78, 5) is 11.0. The molecule has 0 spiro atoms. The number of carbonyl (C=O) groups excluding carboxylic acids is 1. The van der Waals surface area contributed by atoms with Crippen molar-refractivity contribution >= 4 is 5.91 Å². The lowest BCUT2D eigenvalue weighted by atomic mass is 10.4. The van der Waals surface area contributed by atoms with Crippen LogP contribution in [0.1, 0.15) is 20.3 Å². The van der Waals surface area contributed by atoms with E-state index in [2.05, 4.69) is 5.32 Å². The smallest absolute Gasteiger partial charge is 0.245 e. The molecule has 1 amide bonds. The summed E-state index contributed by atoms with van der Waals surface area (Å²) in [6.07, 6.45) is 0.853. The van der Waals surface area contributed by atoms with E-state index in [0.717, 1.165) is 13.0 Å². The molecule has 0 aliphatic carbocycles. The van der Waals surface area contributed by atoms with Crippen LogP contribution in [0.3, 0.4) is 0 Å². The summed E-state index contributed by atoms with van der Waals surface area (Å²) in [5, 5.41) is 2.73. The molecule has 0 aromatic carbocycles. The Morgan fingerprint density at radius 2 is 1.92 bits per heavy atom. The summed E-state index contributed by atoms with van der Waals surface area (Å²) < 4.78 is 10.0. The molecule has 0 fully saturated rings. The summed E-state index contributed by atoms with van der Waals surface area (Å²) in [7, 11) is 0. The topological polar surface area (TPSA) is 47.6 Å². The average Bonchev–Trinajstić information content (AvgIpc) is 2.14. The minimum Gasteiger partial charge on any atom is -0.382 e. The van der Waals surface area contributed by atoms with E-state index in [1.807, 2.05) is 13.8 Å². The zero-order valence-electron chi connectivity index (χ0n) is 8.47. The Kier molecular flexibility index (Phi) is 9.03. The van der Waals surface area contributed by atoms with Gasteiger partial charge in [-0.2, -0.15) is 0 Å². The highest BCUT2D eigenvalue weighted by Gasteiger charge is 1.98. The van der Waals surface area contributed by atoms with Gasteiger partial charge in [0.25, 0.3) is 0 Å². The van der Waals surface area contributed by atoms with Crippen LogP contribution in [-0.2, 0) is 14.3 Å². The van der Waals surface area contributed by atoms with Gasteiger partial charge in [0.15, 0.2) is 0 Å². The number of carbonyl (C=O) groups is 1. The molecule has 0 aliphatic rings. The van der Waals surface area contributed by atoms with Gasteiger partial charge in [0.05, 0.1) is 0 Å². The molecular weight excluding hydrogens is 170 g/mol. The Hall–Kier alpha value is -0.610. The maximum absolute atomic E-state index is 11.0. The van der Waals surface area contributed by atoms with Crippen molar-refractivity contribution < 1.29 is 14.3 Å². The summed E-state index contributed by atoms with van der Waals surface area (Å²) >= 11 is 0. The zero-order chi connectivity index (χ0) is 9.94. The molecule has 0 unspecified atom stereocenters. The van der Waals surface area contributed by atoms with E-state index in [1.165, 1.54) is 0 Å². The molecule has 0 bridgehead atoms. The number of amides is 1. The third-order valence-corrected chi connectivity index (χ3v) is 1.43. The van der Waals surface area contributed by atoms with Crippen LogP contribution in [0.4, 0.5) is 0 Å². The van der Waals surface area contributed by atoms with Crippen LogP contribution in [0.25, 0.3) is 0 Å². The van der Waals surface area contributed by atoms with Crippen LogP contribution in [0.2, 0.25) is 0 Å². The Balaban J connectivity index is 3.08. The second kappa shape index (κ2) is 9.48. The highest BCUT2D eigenvalue weighted by atomic mass is 16.5. The van der Waals surface area contributed by atoms with Crippen molar-refractivity contribution in [2.24, 2.45) is 0 Å². The van der Waals surface area contributed by atoms with Gasteiger partial charge in [0, 0.05) is 26.4 Å². The average molecular weight is 189 g/mol. The Morgan fingerprint density at radius 3 is 2.54 bits per heavy atom. The van der Waals surface area contributed by atoms with Crippen molar-refractivity contribution in [2.45, 2.75) is 20.3 Å². The third kappa shape index (κ3) is 9.30. The molecule has 0 aromatic rings. The van der Waals surface area contributed by atoms with Crippen LogP contribution in [-0.4, -0.2) is 38.9 Å². The predicted octanol–water partition coefficient (Wildman–Crippen LogP) is 0.566. The third-order valence-electron chi connectivity index (χ3n) is 1.43. The Labute approximate surface area is 79.6 Å². The van der Waals surface area contributed by atoms with E-state index in [9.17, 15) is 4.79 Å². The monoisotopic (exact) mass is 189 g/mol. The maximum Gasteiger partial charge on any atom is 0.245 e. The van der Waals surface area contributed by atoms with Crippen LogP contribution in [0.5, 0.6) is 0 Å². The van der Waals surface area contributed by atoms with Gasteiger partial charge in [-0.05, 0) is 20.3 Å². The molecule has 4 heteroatoms. The van der Waals surface area contributed by atoms with Crippen LogP contribution < -0.4 is 5.32 Å². The van der Waals surface area contributed by atoms with Crippen LogP contribution in [0, 0.1) is 0 Å². The van der Waals surface area contributed by atoms with Crippen molar-refractivity contribution in [3.63, 3.8) is 0 Å². The molecule has 0 saturated carbocycles. The molecule has 1 N–H and O–H groups in total. The fourth-order valence-electron chi connectivity index (χ4n) is 0.792. The number of rotatable bonds is 8. The lowest BCUT2D eigenvalue weighted by Crippen LogP contribution is -2.29. The van der Waals surface area contributed by atoms with Gasteiger partial charge < -0.3 is 14.8 Å². The molecule has 78 valence electrons. The minimum atomic E-state index is -0.0571. The second-order valence-electron chi connectivity index (χ2n) is 2.54. The number of hydrogen-bond acceptors (Lipinski definition) is 3. The minimum absolute atomic E-state index is 0.0571. The highest BCUT2D eigenvalue weighted by Crippen LogP contribution is 1.80. The molecule has 0 radical (unpaired) electrons. The molecule has 0 saturated heterocycles. The SMILES string of the molecule is CCOCCCNC(=O)COCC. The largest absolute Gasteiger partial charge is 0.382 e. The van der Waals surface area contributed by atoms with E-state index in [-0.39, 0.29) is 12.5 Å². The molecule has 0 heterocycles. The van der Waals surface area contributed by atoms with Crippen LogP contribution >= 0.6 is 0 Å². The highest BCUT2D eigenvalue weighted by molar-refractivity contribution is 5.77. The first-order valence-electron chi connectivity index (χ1n) is 4.73. The number of hydrogen-bond donors (Lipinski definition) is 1. The summed E-state index contributed by atoms with van der Waals surface area (Å²) in [5.41, 5.74) is 0. The standard InChI is InChI=1S/C9H19NO3/c1-3-12-7-5-6-10-9(11)8-13-4-2/h3-8H2,1-2H3,(H,10,11). The maximum atomic E-state index is 11.0. The van der Waals surface area contributed by atoms with E-state index >= 15 is 0 Å². The summed E-state index contributed by atoms with van der Waals surface area (Å²) in [6, 6.07) is 0. The van der Waals surface area contributed by atoms with Gasteiger partial charge in [0.2, 0.25) is 5.91 Å². The van der Waals surface area contributed by atoms with E-state index < -0.39 is 0 Å². The molecular formula is C9H19NO3. The molecule has 0 rings (SSSR count). The fourth-order valence-corrected chi connectivity index (χ4v) is 0.792. The molecule has 4 nitrogen and oxygen atoms in total. The van der Waals surface area contributed by atoms with E-state index in [0.29, 0.717) is 19.8 Å². The Bertz CT molecular complexity index is 128. The summed E-state index contributed by atoms with van der Waals surface area (Å²) in [6.45, 7) is 6.64. The first-order valence-corrected chi connectivity index (χ1v) is 4.73. The molecule has 0 atom stereocenters. The van der Waals surface area contributed by atoms with E-state index in [1.54, 1.807) is 0 Å². The second-order valence-corrected chi connectivity index (χ2v) is 2.54. The van der Waals surface area contributed by atoms with Crippen molar-refractivity contribution in [3.05, 3.63) is 0 Å². The molecule has 13 heavy (non-hydrogen) atoms. The van der Waals surface area contributed by atoms with Gasteiger partial charge in [-0.3, -0.25) is 4.79 Å². The lowest BCUT2D eigenvalue weighted by Gasteiger charge is -2.04. The predicted molar refractivity (Wildman–Crippen MR) is 50.6 cm³/mol. The first-order chi connectivity index (χ1) is 6.31. The van der Waals surface area contributed by atoms with E-state index in [4.69, 9.17) is 9.47 Å². The zero-order valence-corrected chi connectivity index (χ0v) is 8.47. The lowest BCUT2D eigenvalue weighted by molar-refractivity contribution is -0.125. The quantitative estimate of drug-likeness (QED) is 0.568. The van der Waals surface area contributed by atoms with Gasteiger partial charge in [-0.1, -0.05) is 0 Å². The van der Waals surface area contributed by atoms with Gasteiger partial charge in [-0.25, -0.2) is 0 Å². The fraction of sp³-hybridized carbons (Fsp3) is 0.889. The first kappa shape index (κ1) is 12.4. The van der Waals surface area contributed by atoms with Gasteiger partial charge in [0.1, 0.15) is 6.61 Å². The number of nitrogens with one attached hydrogen (secondary N) is 1. The van der Waals surface area contributed by atoms with Crippen LogP contribution in [0.15, 0.2) is 0 Å². The van der Waals surface area contributed by atoms with Crippen molar-refractivity contribution in [1.29, 1.82) is 0 Å². The van der Waals surface area contributed by atoms with Crippen molar-refractivity contribution in [3.8, 4) is 0 Å². The Morgan fingerprint density at radius 1 is 1.23 bits per heavy atom. The van der Waals surface area contributed by atoms with Crippen molar-refractivity contribution in [1.82, 2.24) is 5.32 Å². The molecule has 0 aromatic heterocycles.